The second kappa shape index (κ2) is 17.2. The molecule has 0 aromatic heterocycles. The third-order valence-electron chi connectivity index (χ3n) is 5.10. The van der Waals surface area contributed by atoms with E-state index in [1.807, 2.05) is 0 Å². The Morgan fingerprint density at radius 3 is 1.54 bits per heavy atom. The molecule has 0 amide bonds. The second-order valence-electron chi connectivity index (χ2n) is 9.38. The number of hydrogen-bond acceptors (Lipinski definition) is 3. The SMILES string of the molecule is CCCCCCCCCCCC(=O)[O][Sn]([CH2]CCC)([CH2]CCC)[O][Si](C)(C)C. The van der Waals surface area contributed by atoms with Crippen molar-refractivity contribution in [1.29, 1.82) is 0 Å². The van der Waals surface area contributed by atoms with E-state index in [1.54, 1.807) is 0 Å². The van der Waals surface area contributed by atoms with Crippen LogP contribution in [0.25, 0.3) is 0 Å². The van der Waals surface area contributed by atoms with E-state index >= 15 is 0 Å². The van der Waals surface area contributed by atoms with Crippen molar-refractivity contribution in [3.05, 3.63) is 0 Å². The van der Waals surface area contributed by atoms with Crippen LogP contribution in [0.3, 0.4) is 0 Å². The third kappa shape index (κ3) is 16.3. The molecule has 0 spiro atoms. The normalized spacial score (nSPS) is 12.4. The fraction of sp³-hybridized carbons (Fsp3) is 0.957. The zero-order chi connectivity index (χ0) is 21.3. The predicted octanol–water partition coefficient (Wildman–Crippen LogP) is 8.34. The summed E-state index contributed by atoms with van der Waals surface area (Å²) >= 11 is -3.30. The molecule has 168 valence electrons. The molecule has 3 nitrogen and oxygen atoms in total. The Kier molecular flexibility index (Phi) is 17.4. The van der Waals surface area contributed by atoms with Crippen molar-refractivity contribution in [2.45, 2.75) is 139 Å². The minimum absolute atomic E-state index is 0.0317. The van der Waals surface area contributed by atoms with Gasteiger partial charge in [-0.25, -0.2) is 0 Å². The molecule has 0 aliphatic carbocycles. The molecular formula is C23H50O3SiSn. The maximum atomic E-state index is 12.6. The van der Waals surface area contributed by atoms with Crippen LogP contribution in [0, 0.1) is 0 Å². The average Bonchev–Trinajstić information content (AvgIpc) is 2.62. The molecule has 0 aliphatic rings. The molecule has 0 atom stereocenters. The van der Waals surface area contributed by atoms with Gasteiger partial charge in [0.25, 0.3) is 0 Å². The first-order valence-electron chi connectivity index (χ1n) is 12.2. The van der Waals surface area contributed by atoms with Gasteiger partial charge in [0.2, 0.25) is 0 Å². The summed E-state index contributed by atoms with van der Waals surface area (Å²) in [4.78, 5) is 12.6. The fourth-order valence-electron chi connectivity index (χ4n) is 3.64. The molecular weight excluding hydrogens is 471 g/mol. The molecule has 28 heavy (non-hydrogen) atoms. The molecule has 0 saturated carbocycles. The Morgan fingerprint density at radius 2 is 1.11 bits per heavy atom. The van der Waals surface area contributed by atoms with Crippen LogP contribution in [0.2, 0.25) is 28.5 Å². The summed E-state index contributed by atoms with van der Waals surface area (Å²) in [6, 6.07) is 0. The van der Waals surface area contributed by atoms with Crippen LogP contribution in [-0.4, -0.2) is 33.5 Å². The van der Waals surface area contributed by atoms with Crippen molar-refractivity contribution in [2.24, 2.45) is 0 Å². The Balaban J connectivity index is 4.40. The summed E-state index contributed by atoms with van der Waals surface area (Å²) in [7, 11) is -1.71. The van der Waals surface area contributed by atoms with Crippen LogP contribution in [0.15, 0.2) is 0 Å². The first kappa shape index (κ1) is 28.4. The van der Waals surface area contributed by atoms with Gasteiger partial charge in [0.05, 0.1) is 0 Å². The van der Waals surface area contributed by atoms with Crippen molar-refractivity contribution in [1.82, 2.24) is 0 Å². The standard InChI is InChI=1S/C12H24O2.2C4H9.C3H9OSi.Sn/c1-2-3-4-5-6-7-8-9-10-11-12(13)14;2*1-3-4-2;1-5(2,3)4;/h2-11H2,1H3,(H,13,14);2*1,3-4H2,2H3;1-3H3;/q;;;-1;+2/p-1. The minimum atomic E-state index is -3.30. The van der Waals surface area contributed by atoms with Crippen molar-refractivity contribution in [3.8, 4) is 0 Å². The number of carbonyl (C=O) groups is 1. The van der Waals surface area contributed by atoms with Gasteiger partial charge in [0.1, 0.15) is 0 Å². The van der Waals surface area contributed by atoms with E-state index in [-0.39, 0.29) is 5.97 Å². The third-order valence-corrected chi connectivity index (χ3v) is 22.6. The summed E-state index contributed by atoms with van der Waals surface area (Å²) in [5.74, 6) is 0.0317. The summed E-state index contributed by atoms with van der Waals surface area (Å²) in [5.41, 5.74) is 0. The summed E-state index contributed by atoms with van der Waals surface area (Å²) in [6.07, 6.45) is 16.6. The van der Waals surface area contributed by atoms with Gasteiger partial charge >= 0.3 is 176 Å². The molecule has 5 heteroatoms. The van der Waals surface area contributed by atoms with Crippen molar-refractivity contribution < 1.29 is 10.6 Å². The Labute approximate surface area is 182 Å². The topological polar surface area (TPSA) is 35.5 Å². The molecule has 0 fully saturated rings. The molecule has 0 bridgehead atoms. The molecule has 0 heterocycles. The Bertz CT molecular complexity index is 375. The van der Waals surface area contributed by atoms with Gasteiger partial charge in [-0.1, -0.05) is 6.92 Å². The van der Waals surface area contributed by atoms with Gasteiger partial charge in [0, 0.05) is 0 Å². The molecule has 0 aromatic carbocycles. The van der Waals surface area contributed by atoms with Crippen molar-refractivity contribution in [2.75, 3.05) is 0 Å². The summed E-state index contributed by atoms with van der Waals surface area (Å²) in [5, 5.41) is 0. The molecule has 0 radical (unpaired) electrons. The van der Waals surface area contributed by atoms with Gasteiger partial charge in [-0.05, 0) is 0 Å². The van der Waals surface area contributed by atoms with Gasteiger partial charge in [-0.15, -0.1) is 0 Å². The number of hydrogen-bond donors (Lipinski definition) is 0. The quantitative estimate of drug-likeness (QED) is 0.127. The predicted molar refractivity (Wildman–Crippen MR) is 128 cm³/mol. The monoisotopic (exact) mass is 522 g/mol. The first-order chi connectivity index (χ1) is 13.3. The van der Waals surface area contributed by atoms with Crippen molar-refractivity contribution >= 4 is 33.5 Å². The fourth-order valence-corrected chi connectivity index (χ4v) is 24.5. The van der Waals surface area contributed by atoms with Crippen LogP contribution in [0.4, 0.5) is 0 Å². The number of unbranched alkanes of at least 4 members (excludes halogenated alkanes) is 10. The molecule has 0 rings (SSSR count). The molecule has 0 unspecified atom stereocenters. The van der Waals surface area contributed by atoms with Crippen LogP contribution in [-0.2, 0) is 10.6 Å². The zero-order valence-electron chi connectivity index (χ0n) is 20.0. The summed E-state index contributed by atoms with van der Waals surface area (Å²) < 4.78 is 15.1. The van der Waals surface area contributed by atoms with Gasteiger partial charge in [-0.2, -0.15) is 0 Å². The van der Waals surface area contributed by atoms with Crippen LogP contribution in [0.1, 0.15) is 111 Å². The average molecular weight is 521 g/mol. The maximum absolute atomic E-state index is 12.6. The molecule has 0 saturated heterocycles. The van der Waals surface area contributed by atoms with Crippen LogP contribution < -0.4 is 0 Å². The van der Waals surface area contributed by atoms with E-state index in [4.69, 9.17) is 5.84 Å². The van der Waals surface area contributed by atoms with E-state index in [2.05, 4.69) is 40.4 Å². The van der Waals surface area contributed by atoms with Crippen molar-refractivity contribution in [3.63, 3.8) is 0 Å². The van der Waals surface area contributed by atoms with E-state index in [9.17, 15) is 4.79 Å². The van der Waals surface area contributed by atoms with Gasteiger partial charge < -0.3 is 0 Å². The van der Waals surface area contributed by atoms with Crippen LogP contribution in [0.5, 0.6) is 0 Å². The zero-order valence-corrected chi connectivity index (χ0v) is 23.9. The Hall–Kier alpha value is 0.446. The second-order valence-corrected chi connectivity index (χ2v) is 24.2. The molecule has 0 N–H and O–H groups in total. The number of rotatable bonds is 19. The van der Waals surface area contributed by atoms with E-state index in [0.717, 1.165) is 47.4 Å². The first-order valence-corrected chi connectivity index (χ1v) is 22.0. The van der Waals surface area contributed by atoms with E-state index < -0.39 is 27.5 Å². The van der Waals surface area contributed by atoms with Crippen LogP contribution >= 0.6 is 0 Å². The van der Waals surface area contributed by atoms with E-state index in [0.29, 0.717) is 6.42 Å². The molecule has 0 aliphatic heterocycles. The molecule has 0 aromatic rings. The Morgan fingerprint density at radius 1 is 0.679 bits per heavy atom. The van der Waals surface area contributed by atoms with E-state index in [1.165, 1.54) is 44.9 Å². The van der Waals surface area contributed by atoms with Gasteiger partial charge in [0.15, 0.2) is 0 Å². The number of carbonyl (C=O) groups excluding carboxylic acids is 1. The summed E-state index contributed by atoms with van der Waals surface area (Å²) in [6.45, 7) is 13.4. The van der Waals surface area contributed by atoms with Gasteiger partial charge in [-0.3, -0.25) is 0 Å².